The van der Waals surface area contributed by atoms with Crippen LogP contribution in [0.2, 0.25) is 0 Å². The highest BCUT2D eigenvalue weighted by Gasteiger charge is 2.11. The van der Waals surface area contributed by atoms with E-state index >= 15 is 0 Å². The summed E-state index contributed by atoms with van der Waals surface area (Å²) in [6.07, 6.45) is 3.58. The van der Waals surface area contributed by atoms with Gasteiger partial charge in [-0.15, -0.1) is 0 Å². The molecular formula is C15H18N4O. The van der Waals surface area contributed by atoms with E-state index in [2.05, 4.69) is 20.6 Å². The van der Waals surface area contributed by atoms with Gasteiger partial charge in [0.15, 0.2) is 0 Å². The molecule has 0 fully saturated rings. The second-order valence-corrected chi connectivity index (χ2v) is 4.89. The van der Waals surface area contributed by atoms with Gasteiger partial charge in [0.2, 0.25) is 5.95 Å². The van der Waals surface area contributed by atoms with E-state index in [0.29, 0.717) is 12.4 Å². The third-order valence-corrected chi connectivity index (χ3v) is 3.43. The van der Waals surface area contributed by atoms with Crippen LogP contribution in [-0.4, -0.2) is 28.2 Å². The molecule has 5 nitrogen and oxygen atoms in total. The fourth-order valence-electron chi connectivity index (χ4n) is 2.31. The number of aromatic nitrogens is 2. The smallest absolute Gasteiger partial charge is 0.227 e. The molecular weight excluding hydrogens is 252 g/mol. The zero-order chi connectivity index (χ0) is 13.8. The van der Waals surface area contributed by atoms with Gasteiger partial charge in [-0.25, -0.2) is 9.97 Å². The largest absolute Gasteiger partial charge is 0.396 e. The Kier molecular flexibility index (Phi) is 3.90. The fourth-order valence-corrected chi connectivity index (χ4v) is 2.31. The Morgan fingerprint density at radius 3 is 2.90 bits per heavy atom. The topological polar surface area (TPSA) is 70.1 Å². The molecule has 0 spiro atoms. The summed E-state index contributed by atoms with van der Waals surface area (Å²) in [5, 5.41) is 15.4. The number of aliphatic hydroxyl groups excluding tert-OH is 1. The minimum Gasteiger partial charge on any atom is -0.396 e. The van der Waals surface area contributed by atoms with Crippen LogP contribution in [0.4, 0.5) is 11.6 Å². The van der Waals surface area contributed by atoms with Crippen molar-refractivity contribution in [3.05, 3.63) is 47.3 Å². The Morgan fingerprint density at radius 2 is 2.10 bits per heavy atom. The molecule has 3 rings (SSSR count). The molecule has 0 bridgehead atoms. The fraction of sp³-hybridized carbons (Fsp3) is 0.333. The maximum Gasteiger partial charge on any atom is 0.227 e. The SMILES string of the molecule is OCCc1ccc(Nc2ncc3c(n2)CNCC3)cc1. The van der Waals surface area contributed by atoms with Crippen molar-refractivity contribution in [2.24, 2.45) is 0 Å². The maximum absolute atomic E-state index is 8.90. The van der Waals surface area contributed by atoms with Crippen molar-refractivity contribution in [2.75, 3.05) is 18.5 Å². The van der Waals surface area contributed by atoms with Gasteiger partial charge in [0.1, 0.15) is 0 Å². The van der Waals surface area contributed by atoms with Crippen LogP contribution in [0.15, 0.2) is 30.5 Å². The molecule has 0 saturated heterocycles. The molecule has 20 heavy (non-hydrogen) atoms. The van der Waals surface area contributed by atoms with Crippen molar-refractivity contribution in [3.63, 3.8) is 0 Å². The van der Waals surface area contributed by atoms with Crippen molar-refractivity contribution in [2.45, 2.75) is 19.4 Å². The van der Waals surface area contributed by atoms with Crippen LogP contribution in [-0.2, 0) is 19.4 Å². The molecule has 1 aliphatic heterocycles. The van der Waals surface area contributed by atoms with Crippen LogP contribution in [0.5, 0.6) is 0 Å². The summed E-state index contributed by atoms with van der Waals surface area (Å²) < 4.78 is 0. The third kappa shape index (κ3) is 2.95. The lowest BCUT2D eigenvalue weighted by Gasteiger charge is -2.16. The number of aliphatic hydroxyl groups is 1. The number of benzene rings is 1. The van der Waals surface area contributed by atoms with Crippen molar-refractivity contribution < 1.29 is 5.11 Å². The summed E-state index contributed by atoms with van der Waals surface area (Å²) in [6, 6.07) is 7.95. The van der Waals surface area contributed by atoms with Crippen LogP contribution >= 0.6 is 0 Å². The highest BCUT2D eigenvalue weighted by atomic mass is 16.2. The Hall–Kier alpha value is -1.98. The summed E-state index contributed by atoms with van der Waals surface area (Å²) in [7, 11) is 0. The standard InChI is InChI=1S/C15H18N4O/c20-8-6-11-1-3-13(4-2-11)18-15-17-9-12-5-7-16-10-14(12)19-15/h1-4,9,16,20H,5-8,10H2,(H,17,18,19). The summed E-state index contributed by atoms with van der Waals surface area (Å²) in [5.74, 6) is 0.627. The van der Waals surface area contributed by atoms with Crippen molar-refractivity contribution in [1.29, 1.82) is 0 Å². The summed E-state index contributed by atoms with van der Waals surface area (Å²) in [6.45, 7) is 1.98. The monoisotopic (exact) mass is 270 g/mol. The van der Waals surface area contributed by atoms with Gasteiger partial charge in [0.25, 0.3) is 0 Å². The lowest BCUT2D eigenvalue weighted by molar-refractivity contribution is 0.299. The summed E-state index contributed by atoms with van der Waals surface area (Å²) >= 11 is 0. The minimum atomic E-state index is 0.174. The van der Waals surface area contributed by atoms with Gasteiger partial charge in [-0.2, -0.15) is 0 Å². The first-order valence-corrected chi connectivity index (χ1v) is 6.87. The number of nitrogens with zero attached hydrogens (tertiary/aromatic N) is 2. The number of rotatable bonds is 4. The second-order valence-electron chi connectivity index (χ2n) is 4.89. The van der Waals surface area contributed by atoms with Gasteiger partial charge < -0.3 is 15.7 Å². The van der Waals surface area contributed by atoms with E-state index in [4.69, 9.17) is 5.11 Å². The van der Waals surface area contributed by atoms with Crippen LogP contribution in [0.25, 0.3) is 0 Å². The normalized spacial score (nSPS) is 13.8. The molecule has 0 amide bonds. The third-order valence-electron chi connectivity index (χ3n) is 3.43. The van der Waals surface area contributed by atoms with Crippen LogP contribution < -0.4 is 10.6 Å². The first-order chi connectivity index (χ1) is 9.85. The van der Waals surface area contributed by atoms with E-state index in [-0.39, 0.29) is 6.61 Å². The van der Waals surface area contributed by atoms with Gasteiger partial charge in [-0.3, -0.25) is 0 Å². The average molecular weight is 270 g/mol. The number of anilines is 2. The van der Waals surface area contributed by atoms with E-state index in [9.17, 15) is 0 Å². The van der Waals surface area contributed by atoms with Crippen LogP contribution in [0.1, 0.15) is 16.8 Å². The Labute approximate surface area is 118 Å². The molecule has 0 radical (unpaired) electrons. The molecule has 0 unspecified atom stereocenters. The molecule has 2 aromatic rings. The Bertz CT molecular complexity index is 583. The number of hydrogen-bond donors (Lipinski definition) is 3. The first kappa shape index (κ1) is 13.0. The van der Waals surface area contributed by atoms with Gasteiger partial charge in [0.05, 0.1) is 5.69 Å². The zero-order valence-electron chi connectivity index (χ0n) is 11.3. The molecule has 2 heterocycles. The highest BCUT2D eigenvalue weighted by Crippen LogP contribution is 2.17. The molecule has 1 aliphatic rings. The molecule has 3 N–H and O–H groups in total. The van der Waals surface area contributed by atoms with Gasteiger partial charge >= 0.3 is 0 Å². The first-order valence-electron chi connectivity index (χ1n) is 6.87. The number of fused-ring (bicyclic) bond motifs is 1. The molecule has 0 aliphatic carbocycles. The lowest BCUT2D eigenvalue weighted by atomic mass is 10.1. The van der Waals surface area contributed by atoms with E-state index in [1.165, 1.54) is 5.56 Å². The maximum atomic E-state index is 8.90. The zero-order valence-corrected chi connectivity index (χ0v) is 11.3. The van der Waals surface area contributed by atoms with E-state index in [1.807, 2.05) is 30.5 Å². The van der Waals surface area contributed by atoms with Gasteiger partial charge in [-0.05, 0) is 42.6 Å². The second kappa shape index (κ2) is 5.98. The average Bonchev–Trinajstić information content (AvgIpc) is 2.49. The van der Waals surface area contributed by atoms with E-state index in [0.717, 1.165) is 36.5 Å². The predicted octanol–water partition coefficient (Wildman–Crippen LogP) is 1.40. The lowest BCUT2D eigenvalue weighted by Crippen LogP contribution is -2.25. The van der Waals surface area contributed by atoms with Crippen molar-refractivity contribution >= 4 is 11.6 Å². The summed E-state index contributed by atoms with van der Waals surface area (Å²) in [4.78, 5) is 8.90. The van der Waals surface area contributed by atoms with E-state index < -0.39 is 0 Å². The molecule has 1 aromatic heterocycles. The Morgan fingerprint density at radius 1 is 1.25 bits per heavy atom. The number of hydrogen-bond acceptors (Lipinski definition) is 5. The number of nitrogens with one attached hydrogen (secondary N) is 2. The van der Waals surface area contributed by atoms with Crippen LogP contribution in [0, 0.1) is 0 Å². The van der Waals surface area contributed by atoms with Gasteiger partial charge in [0, 0.05) is 25.0 Å². The molecule has 1 aromatic carbocycles. The van der Waals surface area contributed by atoms with Gasteiger partial charge in [-0.1, -0.05) is 12.1 Å². The highest BCUT2D eigenvalue weighted by molar-refractivity contribution is 5.54. The van der Waals surface area contributed by atoms with Crippen molar-refractivity contribution in [3.8, 4) is 0 Å². The predicted molar refractivity (Wildman–Crippen MR) is 78.0 cm³/mol. The Balaban J connectivity index is 1.73. The van der Waals surface area contributed by atoms with Crippen molar-refractivity contribution in [1.82, 2.24) is 15.3 Å². The molecule has 0 atom stereocenters. The minimum absolute atomic E-state index is 0.174. The molecule has 0 saturated carbocycles. The quantitative estimate of drug-likeness (QED) is 0.783. The molecule has 104 valence electrons. The van der Waals surface area contributed by atoms with E-state index in [1.54, 1.807) is 0 Å². The summed E-state index contributed by atoms with van der Waals surface area (Å²) in [5.41, 5.74) is 4.38. The molecule has 5 heteroatoms. The van der Waals surface area contributed by atoms with Crippen LogP contribution in [0.3, 0.4) is 0 Å².